The fraction of sp³-hybridized carbons (Fsp3) is 0.588. The fourth-order valence-electron chi connectivity index (χ4n) is 2.46. The lowest BCUT2D eigenvalue weighted by Crippen LogP contribution is -2.46. The van der Waals surface area contributed by atoms with Gasteiger partial charge < -0.3 is 20.1 Å². The Morgan fingerprint density at radius 3 is 2.58 bits per heavy atom. The van der Waals surface area contributed by atoms with E-state index in [4.69, 9.17) is 4.74 Å². The Morgan fingerprint density at radius 1 is 1.29 bits per heavy atom. The molecule has 1 unspecified atom stereocenters. The highest BCUT2D eigenvalue weighted by atomic mass is 127. The molecular formula is C17H29IN4O2. The van der Waals surface area contributed by atoms with E-state index in [2.05, 4.69) is 27.3 Å². The second kappa shape index (κ2) is 11.6. The van der Waals surface area contributed by atoms with Crippen molar-refractivity contribution in [1.82, 2.24) is 15.1 Å². The summed E-state index contributed by atoms with van der Waals surface area (Å²) in [5, 5.41) is 13.4. The molecule has 1 aliphatic rings. The van der Waals surface area contributed by atoms with Crippen LogP contribution < -0.4 is 5.32 Å². The van der Waals surface area contributed by atoms with Crippen molar-refractivity contribution in [2.45, 2.75) is 12.6 Å². The van der Waals surface area contributed by atoms with Crippen LogP contribution in [-0.2, 0) is 11.3 Å². The number of nitrogens with zero attached hydrogens (tertiary/aromatic N) is 3. The molecule has 6 nitrogen and oxygen atoms in total. The Bertz CT molecular complexity index is 479. The highest BCUT2D eigenvalue weighted by Gasteiger charge is 2.15. The van der Waals surface area contributed by atoms with Gasteiger partial charge in [0.25, 0.3) is 0 Å². The van der Waals surface area contributed by atoms with Crippen molar-refractivity contribution >= 4 is 29.9 Å². The van der Waals surface area contributed by atoms with Crippen LogP contribution in [-0.4, -0.2) is 80.5 Å². The molecule has 0 spiro atoms. The highest BCUT2D eigenvalue weighted by Crippen LogP contribution is 2.01. The van der Waals surface area contributed by atoms with Gasteiger partial charge in [0.05, 0.1) is 25.9 Å². The van der Waals surface area contributed by atoms with Gasteiger partial charge in [0.15, 0.2) is 5.96 Å². The Labute approximate surface area is 161 Å². The number of rotatable bonds is 6. The highest BCUT2D eigenvalue weighted by molar-refractivity contribution is 14.0. The van der Waals surface area contributed by atoms with Crippen LogP contribution in [0.5, 0.6) is 0 Å². The van der Waals surface area contributed by atoms with E-state index in [1.807, 2.05) is 37.2 Å². The van der Waals surface area contributed by atoms with Crippen LogP contribution in [0.4, 0.5) is 0 Å². The van der Waals surface area contributed by atoms with E-state index in [-0.39, 0.29) is 24.0 Å². The molecule has 1 heterocycles. The first kappa shape index (κ1) is 21.1. The number of aliphatic hydroxyl groups excluding tert-OH is 1. The third-order valence-electron chi connectivity index (χ3n) is 3.75. The van der Waals surface area contributed by atoms with Gasteiger partial charge in [-0.25, -0.2) is 4.99 Å². The molecule has 1 aliphatic heterocycles. The molecule has 136 valence electrons. The second-order valence-corrected chi connectivity index (χ2v) is 5.97. The van der Waals surface area contributed by atoms with Gasteiger partial charge in [-0.15, -0.1) is 24.0 Å². The summed E-state index contributed by atoms with van der Waals surface area (Å²) in [5.74, 6) is 0.787. The molecule has 24 heavy (non-hydrogen) atoms. The Morgan fingerprint density at radius 2 is 1.96 bits per heavy atom. The van der Waals surface area contributed by atoms with Crippen LogP contribution >= 0.6 is 24.0 Å². The summed E-state index contributed by atoms with van der Waals surface area (Å²) in [6, 6.07) is 10.1. The fourth-order valence-corrected chi connectivity index (χ4v) is 2.46. The van der Waals surface area contributed by atoms with Crippen LogP contribution in [0.3, 0.4) is 0 Å². The molecule has 1 aromatic rings. The monoisotopic (exact) mass is 448 g/mol. The van der Waals surface area contributed by atoms with Gasteiger partial charge in [-0.05, 0) is 5.56 Å². The number of β-amino-alcohol motifs (C(OH)–C–C–N with tert-alkyl or cyclic N) is 1. The van der Waals surface area contributed by atoms with Gasteiger partial charge >= 0.3 is 0 Å². The average Bonchev–Trinajstić information content (AvgIpc) is 2.56. The number of hydrogen-bond acceptors (Lipinski definition) is 4. The second-order valence-electron chi connectivity index (χ2n) is 5.97. The quantitative estimate of drug-likeness (QED) is 0.387. The van der Waals surface area contributed by atoms with E-state index in [1.165, 1.54) is 5.56 Å². The SMILES string of the molecule is CN(C)C(=NCc1ccccc1)NCC(O)CN1CCOCC1.I. The molecule has 0 aromatic heterocycles. The van der Waals surface area contributed by atoms with Crippen LogP contribution in [0.1, 0.15) is 5.56 Å². The number of guanidine groups is 1. The van der Waals surface area contributed by atoms with Crippen LogP contribution in [0.15, 0.2) is 35.3 Å². The summed E-state index contributed by atoms with van der Waals surface area (Å²) < 4.78 is 5.32. The maximum absolute atomic E-state index is 10.2. The summed E-state index contributed by atoms with van der Waals surface area (Å²) in [6.45, 7) is 5.06. The number of hydrogen-bond donors (Lipinski definition) is 2. The summed E-state index contributed by atoms with van der Waals surface area (Å²) in [7, 11) is 3.90. The van der Waals surface area contributed by atoms with Gasteiger partial charge in [-0.2, -0.15) is 0 Å². The van der Waals surface area contributed by atoms with Crippen LogP contribution in [0.25, 0.3) is 0 Å². The number of nitrogens with one attached hydrogen (secondary N) is 1. The van der Waals surface area contributed by atoms with E-state index in [0.717, 1.165) is 32.3 Å². The Kier molecular flexibility index (Phi) is 10.2. The number of halogens is 1. The predicted octanol–water partition coefficient (Wildman–Crippen LogP) is 1.00. The molecule has 1 atom stereocenters. The molecule has 0 bridgehead atoms. The lowest BCUT2D eigenvalue weighted by molar-refractivity contribution is 0.0156. The van der Waals surface area contributed by atoms with Crippen molar-refractivity contribution in [3.8, 4) is 0 Å². The zero-order chi connectivity index (χ0) is 16.5. The summed E-state index contributed by atoms with van der Waals surface area (Å²) in [5.41, 5.74) is 1.17. The van der Waals surface area contributed by atoms with E-state index in [1.54, 1.807) is 0 Å². The van der Waals surface area contributed by atoms with Crippen molar-refractivity contribution in [3.63, 3.8) is 0 Å². The maximum atomic E-state index is 10.2. The molecule has 1 fully saturated rings. The molecule has 2 N–H and O–H groups in total. The number of benzene rings is 1. The zero-order valence-electron chi connectivity index (χ0n) is 14.5. The average molecular weight is 448 g/mol. The minimum atomic E-state index is -0.421. The minimum absolute atomic E-state index is 0. The topological polar surface area (TPSA) is 60.3 Å². The van der Waals surface area contributed by atoms with Gasteiger partial charge in [0.1, 0.15) is 0 Å². The molecule has 7 heteroatoms. The maximum Gasteiger partial charge on any atom is 0.193 e. The minimum Gasteiger partial charge on any atom is -0.390 e. The van der Waals surface area contributed by atoms with Crippen molar-refractivity contribution < 1.29 is 9.84 Å². The Balaban J connectivity index is 0.00000288. The van der Waals surface area contributed by atoms with Crippen LogP contribution in [0, 0.1) is 0 Å². The normalized spacial score (nSPS) is 17.0. The van der Waals surface area contributed by atoms with Crippen LogP contribution in [0.2, 0.25) is 0 Å². The first-order chi connectivity index (χ1) is 11.1. The first-order valence-electron chi connectivity index (χ1n) is 8.13. The molecule has 1 aromatic carbocycles. The predicted molar refractivity (Wildman–Crippen MR) is 108 cm³/mol. The molecule has 1 saturated heterocycles. The van der Waals surface area contributed by atoms with E-state index in [9.17, 15) is 5.11 Å². The van der Waals surface area contributed by atoms with Crippen molar-refractivity contribution in [1.29, 1.82) is 0 Å². The summed E-state index contributed by atoms with van der Waals surface area (Å²) in [6.07, 6.45) is -0.421. The third-order valence-corrected chi connectivity index (χ3v) is 3.75. The molecule has 2 rings (SSSR count). The van der Waals surface area contributed by atoms with Gasteiger partial charge in [-0.1, -0.05) is 30.3 Å². The lowest BCUT2D eigenvalue weighted by atomic mass is 10.2. The van der Waals surface area contributed by atoms with Gasteiger partial charge in [-0.3, -0.25) is 4.90 Å². The smallest absolute Gasteiger partial charge is 0.193 e. The lowest BCUT2D eigenvalue weighted by Gasteiger charge is -2.29. The van der Waals surface area contributed by atoms with Crippen molar-refractivity contribution in [2.75, 3.05) is 53.5 Å². The van der Waals surface area contributed by atoms with Gasteiger partial charge in [0.2, 0.25) is 0 Å². The standard InChI is InChI=1S/C17H28N4O2.HI/c1-20(2)17(18-12-15-6-4-3-5-7-15)19-13-16(22)14-21-8-10-23-11-9-21;/h3-7,16,22H,8-14H2,1-2H3,(H,18,19);1H. The van der Waals surface area contributed by atoms with E-state index < -0.39 is 6.10 Å². The number of aliphatic hydroxyl groups is 1. The molecular weight excluding hydrogens is 419 g/mol. The molecule has 0 saturated carbocycles. The first-order valence-corrected chi connectivity index (χ1v) is 8.13. The molecule has 0 radical (unpaired) electrons. The zero-order valence-corrected chi connectivity index (χ0v) is 16.8. The van der Waals surface area contributed by atoms with E-state index >= 15 is 0 Å². The van der Waals surface area contributed by atoms with Gasteiger partial charge in [0, 0.05) is 40.3 Å². The van der Waals surface area contributed by atoms with Crippen molar-refractivity contribution in [3.05, 3.63) is 35.9 Å². The summed E-state index contributed by atoms with van der Waals surface area (Å²) in [4.78, 5) is 8.76. The number of aliphatic imine (C=N–C) groups is 1. The van der Waals surface area contributed by atoms with E-state index in [0.29, 0.717) is 19.6 Å². The number of ether oxygens (including phenoxy) is 1. The molecule has 0 amide bonds. The third kappa shape index (κ3) is 7.78. The van der Waals surface area contributed by atoms with Crippen molar-refractivity contribution in [2.24, 2.45) is 4.99 Å². The number of morpholine rings is 1. The summed E-state index contributed by atoms with van der Waals surface area (Å²) >= 11 is 0. The largest absolute Gasteiger partial charge is 0.390 e. The molecule has 0 aliphatic carbocycles. The Hall–Kier alpha value is -0.900.